The number of carbonyl (C=O) groups is 2. The van der Waals surface area contributed by atoms with Crippen LogP contribution >= 0.6 is 0 Å². The molecular formula is C16H28N2O3. The fourth-order valence-electron chi connectivity index (χ4n) is 3.35. The molecule has 5 heteroatoms. The molecule has 2 fully saturated rings. The van der Waals surface area contributed by atoms with Gasteiger partial charge in [-0.3, -0.25) is 9.59 Å². The zero-order valence-electron chi connectivity index (χ0n) is 13.8. The summed E-state index contributed by atoms with van der Waals surface area (Å²) in [7, 11) is 0. The minimum Gasteiger partial charge on any atom is -0.373 e. The molecule has 2 saturated heterocycles. The molecule has 2 aliphatic heterocycles. The van der Waals surface area contributed by atoms with Crippen LogP contribution in [-0.2, 0) is 14.3 Å². The smallest absolute Gasteiger partial charge is 0.245 e. The monoisotopic (exact) mass is 296 g/mol. The Labute approximate surface area is 127 Å². The van der Waals surface area contributed by atoms with Gasteiger partial charge in [0, 0.05) is 6.54 Å². The second kappa shape index (κ2) is 5.95. The first-order valence-corrected chi connectivity index (χ1v) is 8.00. The third kappa shape index (κ3) is 3.39. The molecule has 0 aromatic heterocycles. The van der Waals surface area contributed by atoms with Crippen LogP contribution in [0.4, 0.5) is 0 Å². The Bertz CT molecular complexity index is 416. The summed E-state index contributed by atoms with van der Waals surface area (Å²) in [6.45, 7) is 10.5. The fraction of sp³-hybridized carbons (Fsp3) is 0.875. The van der Waals surface area contributed by atoms with E-state index < -0.39 is 12.1 Å². The minimum atomic E-state index is -0.424. The quantitative estimate of drug-likeness (QED) is 0.862. The molecule has 0 aliphatic carbocycles. The maximum absolute atomic E-state index is 12.7. The molecule has 2 rings (SSSR count). The summed E-state index contributed by atoms with van der Waals surface area (Å²) in [5.41, 5.74) is -0.289. The van der Waals surface area contributed by atoms with Gasteiger partial charge in [0.05, 0.1) is 12.2 Å². The molecular weight excluding hydrogens is 268 g/mol. The molecule has 21 heavy (non-hydrogen) atoms. The Morgan fingerprint density at radius 1 is 1.29 bits per heavy atom. The number of nitrogens with one attached hydrogen (secondary N) is 1. The molecule has 5 nitrogen and oxygen atoms in total. The highest BCUT2D eigenvalue weighted by molar-refractivity contribution is 5.97. The Kier molecular flexibility index (Phi) is 4.61. The van der Waals surface area contributed by atoms with Crippen LogP contribution in [0.25, 0.3) is 0 Å². The molecule has 2 heterocycles. The van der Waals surface area contributed by atoms with Crippen molar-refractivity contribution >= 4 is 11.8 Å². The van der Waals surface area contributed by atoms with Crippen LogP contribution < -0.4 is 5.32 Å². The van der Waals surface area contributed by atoms with Crippen molar-refractivity contribution in [2.75, 3.05) is 6.54 Å². The van der Waals surface area contributed by atoms with Gasteiger partial charge < -0.3 is 15.0 Å². The molecule has 120 valence electrons. The van der Waals surface area contributed by atoms with Gasteiger partial charge in [-0.1, -0.05) is 27.7 Å². The average Bonchev–Trinajstić information content (AvgIpc) is 2.77. The summed E-state index contributed by atoms with van der Waals surface area (Å²) in [6.07, 6.45) is 2.91. The lowest BCUT2D eigenvalue weighted by Gasteiger charge is -2.45. The SMILES string of the molecule is CCC1NC(=O)C(C(C)(C)C)N(CC2CCC(C)O2)C1=O. The Balaban J connectivity index is 2.21. The molecule has 2 amide bonds. The van der Waals surface area contributed by atoms with Crippen molar-refractivity contribution in [1.29, 1.82) is 0 Å². The van der Waals surface area contributed by atoms with Crippen molar-refractivity contribution in [3.63, 3.8) is 0 Å². The van der Waals surface area contributed by atoms with Crippen molar-refractivity contribution < 1.29 is 14.3 Å². The van der Waals surface area contributed by atoms with Crippen LogP contribution in [-0.4, -0.2) is 47.6 Å². The molecule has 4 unspecified atom stereocenters. The molecule has 0 bridgehead atoms. The van der Waals surface area contributed by atoms with Gasteiger partial charge in [0.1, 0.15) is 12.1 Å². The standard InChI is InChI=1S/C16H28N2O3/c1-6-12-15(20)18(9-11-8-7-10(2)21-11)13(14(19)17-12)16(3,4)5/h10-13H,6-9H2,1-5H3,(H,17,19). The highest BCUT2D eigenvalue weighted by Gasteiger charge is 2.46. The normalized spacial score (nSPS) is 34.2. The van der Waals surface area contributed by atoms with Crippen LogP contribution in [0.2, 0.25) is 0 Å². The zero-order chi connectivity index (χ0) is 15.8. The first kappa shape index (κ1) is 16.3. The molecule has 0 aromatic carbocycles. The largest absolute Gasteiger partial charge is 0.373 e. The summed E-state index contributed by atoms with van der Waals surface area (Å²) >= 11 is 0. The summed E-state index contributed by atoms with van der Waals surface area (Å²) in [5.74, 6) is -0.0137. The fourth-order valence-corrected chi connectivity index (χ4v) is 3.35. The lowest BCUT2D eigenvalue weighted by atomic mass is 9.82. The summed E-state index contributed by atoms with van der Waals surface area (Å²) in [5, 5.41) is 2.87. The second-order valence-corrected chi connectivity index (χ2v) is 7.37. The van der Waals surface area contributed by atoms with Crippen LogP contribution in [0.3, 0.4) is 0 Å². The van der Waals surface area contributed by atoms with E-state index >= 15 is 0 Å². The van der Waals surface area contributed by atoms with E-state index in [4.69, 9.17) is 4.74 Å². The lowest BCUT2D eigenvalue weighted by Crippen LogP contribution is -2.67. The van der Waals surface area contributed by atoms with E-state index in [0.717, 1.165) is 12.8 Å². The average molecular weight is 296 g/mol. The van der Waals surface area contributed by atoms with Crippen LogP contribution in [0.5, 0.6) is 0 Å². The van der Waals surface area contributed by atoms with Gasteiger partial charge in [0.15, 0.2) is 0 Å². The van der Waals surface area contributed by atoms with Crippen molar-refractivity contribution in [3.05, 3.63) is 0 Å². The van der Waals surface area contributed by atoms with Crippen LogP contribution in [0.1, 0.15) is 53.9 Å². The van der Waals surface area contributed by atoms with E-state index in [9.17, 15) is 9.59 Å². The predicted octanol–water partition coefficient (Wildman–Crippen LogP) is 1.71. The van der Waals surface area contributed by atoms with Gasteiger partial charge in [-0.25, -0.2) is 0 Å². The van der Waals surface area contributed by atoms with E-state index in [-0.39, 0.29) is 29.4 Å². The molecule has 0 aromatic rings. The first-order chi connectivity index (χ1) is 9.74. The highest BCUT2D eigenvalue weighted by atomic mass is 16.5. The number of hydrogen-bond acceptors (Lipinski definition) is 3. The van der Waals surface area contributed by atoms with E-state index in [1.165, 1.54) is 0 Å². The molecule has 4 atom stereocenters. The maximum atomic E-state index is 12.7. The Hall–Kier alpha value is -1.10. The Morgan fingerprint density at radius 2 is 1.95 bits per heavy atom. The zero-order valence-corrected chi connectivity index (χ0v) is 13.8. The molecule has 1 N–H and O–H groups in total. The number of piperazine rings is 1. The number of hydrogen-bond donors (Lipinski definition) is 1. The summed E-state index contributed by atoms with van der Waals surface area (Å²) in [4.78, 5) is 26.9. The lowest BCUT2D eigenvalue weighted by molar-refractivity contribution is -0.156. The van der Waals surface area contributed by atoms with E-state index in [1.54, 1.807) is 4.90 Å². The van der Waals surface area contributed by atoms with Crippen LogP contribution in [0.15, 0.2) is 0 Å². The Morgan fingerprint density at radius 3 is 2.43 bits per heavy atom. The van der Waals surface area contributed by atoms with E-state index in [1.807, 2.05) is 27.7 Å². The van der Waals surface area contributed by atoms with E-state index in [0.29, 0.717) is 13.0 Å². The van der Waals surface area contributed by atoms with Gasteiger partial charge in [-0.15, -0.1) is 0 Å². The topological polar surface area (TPSA) is 58.6 Å². The van der Waals surface area contributed by atoms with Crippen molar-refractivity contribution in [2.45, 2.75) is 78.2 Å². The molecule has 0 saturated carbocycles. The van der Waals surface area contributed by atoms with Crippen molar-refractivity contribution in [2.24, 2.45) is 5.41 Å². The number of amides is 2. The number of rotatable bonds is 3. The number of ether oxygens (including phenoxy) is 1. The van der Waals surface area contributed by atoms with Crippen molar-refractivity contribution in [1.82, 2.24) is 10.2 Å². The van der Waals surface area contributed by atoms with Gasteiger partial charge >= 0.3 is 0 Å². The second-order valence-electron chi connectivity index (χ2n) is 7.37. The van der Waals surface area contributed by atoms with E-state index in [2.05, 4.69) is 12.2 Å². The highest BCUT2D eigenvalue weighted by Crippen LogP contribution is 2.30. The van der Waals surface area contributed by atoms with Gasteiger partial charge in [0.2, 0.25) is 11.8 Å². The van der Waals surface area contributed by atoms with Crippen LogP contribution in [0, 0.1) is 5.41 Å². The first-order valence-electron chi connectivity index (χ1n) is 8.00. The molecule has 2 aliphatic rings. The maximum Gasteiger partial charge on any atom is 0.245 e. The van der Waals surface area contributed by atoms with Gasteiger partial charge in [-0.2, -0.15) is 0 Å². The van der Waals surface area contributed by atoms with Gasteiger partial charge in [-0.05, 0) is 31.6 Å². The number of nitrogens with zero attached hydrogens (tertiary/aromatic N) is 1. The molecule has 0 spiro atoms. The third-order valence-electron chi connectivity index (χ3n) is 4.41. The van der Waals surface area contributed by atoms with Gasteiger partial charge in [0.25, 0.3) is 0 Å². The summed E-state index contributed by atoms with van der Waals surface area (Å²) in [6, 6.07) is -0.817. The van der Waals surface area contributed by atoms with Crippen molar-refractivity contribution in [3.8, 4) is 0 Å². The molecule has 0 radical (unpaired) electrons. The summed E-state index contributed by atoms with van der Waals surface area (Å²) < 4.78 is 5.85. The predicted molar refractivity (Wildman–Crippen MR) is 80.7 cm³/mol. The number of carbonyl (C=O) groups excluding carboxylic acids is 2. The minimum absolute atomic E-state index is 0.0279. The third-order valence-corrected chi connectivity index (χ3v) is 4.41.